The number of fused-ring (bicyclic) bond motifs is 1. The van der Waals surface area contributed by atoms with Gasteiger partial charge in [-0.15, -0.1) is 0 Å². The number of nitrogens with zero attached hydrogens (tertiary/aromatic N) is 2. The van der Waals surface area contributed by atoms with E-state index < -0.39 is 5.95 Å². The number of aliphatic imine (C=N–C) groups is 1. The smallest absolute Gasteiger partial charge is 0.220 e. The van der Waals surface area contributed by atoms with E-state index in [1.807, 2.05) is 12.1 Å². The summed E-state index contributed by atoms with van der Waals surface area (Å²) in [5.74, 6) is 0.923. The van der Waals surface area contributed by atoms with E-state index in [1.54, 1.807) is 30.0 Å². The lowest BCUT2D eigenvalue weighted by atomic mass is 9.80. The first kappa shape index (κ1) is 15.9. The molecule has 3 nitrogen and oxygen atoms in total. The Kier molecular flexibility index (Phi) is 4.01. The second-order valence-corrected chi connectivity index (χ2v) is 7.82. The number of aromatic nitrogens is 1. The predicted molar refractivity (Wildman–Crippen MR) is 97.7 cm³/mol. The SMILES string of the molecule is NC1=N[C@@]2(c3cc(Cl)cc(-c4cccnc4F)c3)CCC[C@H]2CS1. The minimum atomic E-state index is -0.492. The molecule has 1 fully saturated rings. The van der Waals surface area contributed by atoms with E-state index in [1.165, 1.54) is 6.20 Å². The monoisotopic (exact) mass is 361 g/mol. The molecular weight excluding hydrogens is 345 g/mol. The Hall–Kier alpha value is -1.59. The van der Waals surface area contributed by atoms with Gasteiger partial charge in [0.1, 0.15) is 0 Å². The van der Waals surface area contributed by atoms with Crippen LogP contribution in [0.4, 0.5) is 4.39 Å². The third-order valence-electron chi connectivity index (χ3n) is 5.00. The van der Waals surface area contributed by atoms with Crippen molar-refractivity contribution in [3.8, 4) is 11.1 Å². The molecule has 2 aromatic rings. The molecule has 2 heterocycles. The first-order chi connectivity index (χ1) is 11.6. The summed E-state index contributed by atoms with van der Waals surface area (Å²) < 4.78 is 14.1. The van der Waals surface area contributed by atoms with Crippen LogP contribution in [-0.4, -0.2) is 15.9 Å². The number of hydrogen-bond acceptors (Lipinski definition) is 4. The lowest BCUT2D eigenvalue weighted by molar-refractivity contribution is 0.356. The van der Waals surface area contributed by atoms with Crippen molar-refractivity contribution < 1.29 is 4.39 Å². The van der Waals surface area contributed by atoms with Crippen LogP contribution in [0.2, 0.25) is 5.02 Å². The van der Waals surface area contributed by atoms with Crippen molar-refractivity contribution in [1.82, 2.24) is 4.98 Å². The number of nitrogens with two attached hydrogens (primary N) is 1. The molecule has 1 aromatic heterocycles. The number of rotatable bonds is 2. The van der Waals surface area contributed by atoms with Gasteiger partial charge in [0.25, 0.3) is 0 Å². The molecule has 0 unspecified atom stereocenters. The number of amidine groups is 1. The first-order valence-corrected chi connectivity index (χ1v) is 9.35. The first-order valence-electron chi connectivity index (χ1n) is 7.98. The fourth-order valence-corrected chi connectivity index (χ4v) is 5.16. The van der Waals surface area contributed by atoms with Crippen LogP contribution < -0.4 is 5.73 Å². The molecule has 0 spiro atoms. The summed E-state index contributed by atoms with van der Waals surface area (Å²) in [6.07, 6.45) is 4.64. The molecule has 0 amide bonds. The summed E-state index contributed by atoms with van der Waals surface area (Å²) in [4.78, 5) is 8.58. The highest BCUT2D eigenvalue weighted by molar-refractivity contribution is 8.13. The Morgan fingerprint density at radius 1 is 1.33 bits per heavy atom. The van der Waals surface area contributed by atoms with Crippen molar-refractivity contribution in [1.29, 1.82) is 0 Å². The molecule has 1 aromatic carbocycles. The van der Waals surface area contributed by atoms with E-state index in [2.05, 4.69) is 4.98 Å². The molecular formula is C18H17ClFN3S. The maximum atomic E-state index is 14.1. The maximum absolute atomic E-state index is 14.1. The van der Waals surface area contributed by atoms with E-state index in [0.717, 1.165) is 36.1 Å². The largest absolute Gasteiger partial charge is 0.379 e. The average molecular weight is 362 g/mol. The summed E-state index contributed by atoms with van der Waals surface area (Å²) in [5, 5.41) is 1.21. The van der Waals surface area contributed by atoms with E-state index >= 15 is 0 Å². The predicted octanol–water partition coefficient (Wildman–Crippen LogP) is 4.60. The van der Waals surface area contributed by atoms with Crippen molar-refractivity contribution in [2.24, 2.45) is 16.6 Å². The third kappa shape index (κ3) is 2.60. The Labute approximate surface area is 149 Å². The number of thioether (sulfide) groups is 1. The van der Waals surface area contributed by atoms with Crippen LogP contribution in [0.25, 0.3) is 11.1 Å². The Morgan fingerprint density at radius 2 is 2.21 bits per heavy atom. The van der Waals surface area contributed by atoms with Crippen LogP contribution in [0.15, 0.2) is 41.5 Å². The highest BCUT2D eigenvalue weighted by Crippen LogP contribution is 2.51. The van der Waals surface area contributed by atoms with E-state index in [4.69, 9.17) is 22.3 Å². The lowest BCUT2D eigenvalue weighted by Crippen LogP contribution is -2.36. The molecule has 1 saturated carbocycles. The number of halogens is 2. The normalized spacial score (nSPS) is 26.1. The van der Waals surface area contributed by atoms with Gasteiger partial charge >= 0.3 is 0 Å². The zero-order valence-corrected chi connectivity index (χ0v) is 14.6. The molecule has 1 aliphatic heterocycles. The van der Waals surface area contributed by atoms with Gasteiger partial charge in [-0.1, -0.05) is 29.8 Å². The molecule has 4 rings (SSSR count). The fourth-order valence-electron chi connectivity index (χ4n) is 3.89. The Balaban J connectivity index is 1.88. The topological polar surface area (TPSA) is 51.3 Å². The van der Waals surface area contributed by atoms with Gasteiger partial charge in [-0.05, 0) is 60.2 Å². The van der Waals surface area contributed by atoms with Crippen LogP contribution >= 0.6 is 23.4 Å². The van der Waals surface area contributed by atoms with Crippen LogP contribution in [0, 0.1) is 11.9 Å². The molecule has 2 atom stereocenters. The van der Waals surface area contributed by atoms with E-state index in [-0.39, 0.29) is 5.54 Å². The van der Waals surface area contributed by atoms with Gasteiger partial charge in [-0.25, -0.2) is 4.98 Å². The van der Waals surface area contributed by atoms with Crippen molar-refractivity contribution >= 4 is 28.5 Å². The van der Waals surface area contributed by atoms with E-state index in [9.17, 15) is 4.39 Å². The molecule has 2 N–H and O–H groups in total. The van der Waals surface area contributed by atoms with Crippen LogP contribution in [-0.2, 0) is 5.54 Å². The average Bonchev–Trinajstić information content (AvgIpc) is 2.99. The van der Waals surface area contributed by atoms with Gasteiger partial charge in [0.05, 0.1) is 5.54 Å². The van der Waals surface area contributed by atoms with Crippen molar-refractivity contribution in [2.75, 3.05) is 5.75 Å². The second-order valence-electron chi connectivity index (χ2n) is 6.34. The van der Waals surface area contributed by atoms with Gasteiger partial charge in [0.15, 0.2) is 5.17 Å². The van der Waals surface area contributed by atoms with Gasteiger partial charge in [0, 0.05) is 22.5 Å². The zero-order chi connectivity index (χ0) is 16.7. The molecule has 24 heavy (non-hydrogen) atoms. The fraction of sp³-hybridized carbons (Fsp3) is 0.333. The molecule has 1 aliphatic carbocycles. The lowest BCUT2D eigenvalue weighted by Gasteiger charge is -2.36. The minimum Gasteiger partial charge on any atom is -0.379 e. The maximum Gasteiger partial charge on any atom is 0.220 e. The molecule has 0 bridgehead atoms. The second kappa shape index (κ2) is 6.05. The summed E-state index contributed by atoms with van der Waals surface area (Å²) >= 11 is 7.99. The van der Waals surface area contributed by atoms with Crippen molar-refractivity contribution in [2.45, 2.75) is 24.8 Å². The molecule has 124 valence electrons. The quantitative estimate of drug-likeness (QED) is 0.795. The molecule has 0 saturated heterocycles. The Morgan fingerprint density at radius 3 is 3.04 bits per heavy atom. The van der Waals surface area contributed by atoms with Gasteiger partial charge in [-0.3, -0.25) is 4.99 Å². The van der Waals surface area contributed by atoms with Crippen LogP contribution in [0.5, 0.6) is 0 Å². The highest BCUT2D eigenvalue weighted by atomic mass is 35.5. The van der Waals surface area contributed by atoms with Crippen molar-refractivity contribution in [3.05, 3.63) is 53.1 Å². The third-order valence-corrected chi connectivity index (χ3v) is 6.17. The summed E-state index contributed by atoms with van der Waals surface area (Å²) in [6, 6.07) is 9.16. The minimum absolute atomic E-state index is 0.326. The standard InChI is InChI=1S/C18H17ClFN3S/c19-14-8-11(15-4-2-6-22-16(15)20)7-13(9-14)18-5-1-3-12(18)10-24-17(21)23-18/h2,4,6-9,12H,1,3,5,10H2,(H2,21,23)/t12-,18-/m0/s1. The number of benzene rings is 1. The molecule has 2 aliphatic rings. The zero-order valence-electron chi connectivity index (χ0n) is 13.0. The Bertz CT molecular complexity index is 826. The molecule has 6 heteroatoms. The summed E-state index contributed by atoms with van der Waals surface area (Å²) in [7, 11) is 0. The van der Waals surface area contributed by atoms with Gasteiger partial charge in [-0.2, -0.15) is 4.39 Å². The van der Waals surface area contributed by atoms with Crippen molar-refractivity contribution in [3.63, 3.8) is 0 Å². The number of pyridine rings is 1. The highest BCUT2D eigenvalue weighted by Gasteiger charge is 2.46. The summed E-state index contributed by atoms with van der Waals surface area (Å²) in [6.45, 7) is 0. The molecule has 0 radical (unpaired) electrons. The number of hydrogen-bond donors (Lipinski definition) is 1. The van der Waals surface area contributed by atoms with E-state index in [0.29, 0.717) is 21.7 Å². The van der Waals surface area contributed by atoms with Gasteiger partial charge < -0.3 is 5.73 Å². The van der Waals surface area contributed by atoms with Crippen LogP contribution in [0.3, 0.4) is 0 Å². The summed E-state index contributed by atoms with van der Waals surface area (Å²) in [5.41, 5.74) is 7.92. The van der Waals surface area contributed by atoms with Crippen LogP contribution in [0.1, 0.15) is 24.8 Å². The van der Waals surface area contributed by atoms with Gasteiger partial charge in [0.2, 0.25) is 5.95 Å².